The molecule has 2 aromatic carbocycles. The van der Waals surface area contributed by atoms with Gasteiger partial charge in [-0.05, 0) is 36.4 Å². The fraction of sp³-hybridized carbons (Fsp3) is 0.150. The van der Waals surface area contributed by atoms with Crippen LogP contribution in [0.4, 0.5) is 22.7 Å². The molecule has 0 amide bonds. The summed E-state index contributed by atoms with van der Waals surface area (Å²) in [4.78, 5) is 9.32. The molecule has 3 nitrogen and oxygen atoms in total. The molecule has 3 heteroatoms. The van der Waals surface area contributed by atoms with Crippen molar-refractivity contribution in [3.05, 3.63) is 72.5 Å². The molecule has 1 aliphatic carbocycles. The molecule has 0 radical (unpaired) electrons. The Morgan fingerprint density at radius 2 is 1.87 bits per heavy atom. The molecule has 0 unspecified atom stereocenters. The zero-order valence-electron chi connectivity index (χ0n) is 13.4. The van der Waals surface area contributed by atoms with E-state index in [1.807, 2.05) is 0 Å². The van der Waals surface area contributed by atoms with Gasteiger partial charge in [-0.25, -0.2) is 4.99 Å². The van der Waals surface area contributed by atoms with Gasteiger partial charge in [0.15, 0.2) is 0 Å². The van der Waals surface area contributed by atoms with Crippen molar-refractivity contribution in [1.82, 2.24) is 0 Å². The maximum absolute atomic E-state index is 4.88. The molecule has 2 aliphatic rings. The molecule has 0 spiro atoms. The molecule has 1 heterocycles. The number of hydrogen-bond acceptors (Lipinski definition) is 3. The minimum absolute atomic E-state index is 0.879. The van der Waals surface area contributed by atoms with E-state index < -0.39 is 0 Å². The van der Waals surface area contributed by atoms with Crippen LogP contribution in [0.5, 0.6) is 0 Å². The van der Waals surface area contributed by atoms with Crippen molar-refractivity contribution in [2.24, 2.45) is 4.99 Å². The molecular formula is C20H19N3. The molecule has 0 saturated heterocycles. The minimum Gasteiger partial charge on any atom is -0.378 e. The van der Waals surface area contributed by atoms with Crippen molar-refractivity contribution >= 4 is 28.5 Å². The van der Waals surface area contributed by atoms with Crippen molar-refractivity contribution in [3.8, 4) is 0 Å². The Labute approximate surface area is 136 Å². The Bertz CT molecular complexity index is 829. The lowest BCUT2D eigenvalue weighted by Crippen LogP contribution is -2.27. The summed E-state index contributed by atoms with van der Waals surface area (Å²) in [5, 5.41) is 0. The average molecular weight is 301 g/mol. The largest absolute Gasteiger partial charge is 0.378 e. The van der Waals surface area contributed by atoms with Crippen molar-refractivity contribution in [3.63, 3.8) is 0 Å². The average Bonchev–Trinajstić information content (AvgIpc) is 2.59. The predicted octanol–water partition coefficient (Wildman–Crippen LogP) is 4.82. The lowest BCUT2D eigenvalue weighted by molar-refractivity contribution is 1.11. The number of allylic oxidation sites excluding steroid dienone is 4. The van der Waals surface area contributed by atoms with E-state index >= 15 is 0 Å². The maximum atomic E-state index is 4.88. The van der Waals surface area contributed by atoms with Crippen LogP contribution in [-0.4, -0.2) is 19.8 Å². The van der Waals surface area contributed by atoms with E-state index in [2.05, 4.69) is 90.7 Å². The first-order valence-electron chi connectivity index (χ1n) is 7.85. The van der Waals surface area contributed by atoms with Gasteiger partial charge in [0.1, 0.15) is 0 Å². The topological polar surface area (TPSA) is 18.8 Å². The maximum Gasteiger partial charge on any atom is 0.0876 e. The van der Waals surface area contributed by atoms with E-state index in [1.165, 1.54) is 17.1 Å². The standard InChI is InChI=1S/C20H19N3/c1-22(2)16-12-13-18-20(14-16)23(15-8-4-3-5-9-15)19-11-7-6-10-17(19)21-18/h3-9,11-14H,10H2,1-2H3. The number of benzene rings is 2. The number of nitrogens with zero attached hydrogens (tertiary/aromatic N) is 3. The highest BCUT2D eigenvalue weighted by Crippen LogP contribution is 2.44. The van der Waals surface area contributed by atoms with Gasteiger partial charge in [0.2, 0.25) is 0 Å². The van der Waals surface area contributed by atoms with Gasteiger partial charge in [-0.15, -0.1) is 0 Å². The summed E-state index contributed by atoms with van der Waals surface area (Å²) in [5.41, 5.74) is 6.80. The van der Waals surface area contributed by atoms with E-state index in [1.54, 1.807) is 0 Å². The van der Waals surface area contributed by atoms with E-state index in [9.17, 15) is 0 Å². The van der Waals surface area contributed by atoms with Gasteiger partial charge in [-0.2, -0.15) is 0 Å². The normalized spacial score (nSPS) is 15.5. The number of aliphatic imine (C=N–C) groups is 1. The summed E-state index contributed by atoms with van der Waals surface area (Å²) in [6, 6.07) is 17.0. The second-order valence-corrected chi connectivity index (χ2v) is 5.98. The second kappa shape index (κ2) is 5.43. The molecular weight excluding hydrogens is 282 g/mol. The summed E-state index contributed by atoms with van der Waals surface area (Å²) in [5.74, 6) is 0. The Balaban J connectivity index is 1.95. The van der Waals surface area contributed by atoms with Crippen LogP contribution in [0.15, 0.2) is 77.4 Å². The highest BCUT2D eigenvalue weighted by Gasteiger charge is 2.26. The quantitative estimate of drug-likeness (QED) is 0.792. The third-order valence-corrected chi connectivity index (χ3v) is 4.22. The Morgan fingerprint density at radius 1 is 1.04 bits per heavy atom. The molecule has 2 aromatic rings. The second-order valence-electron chi connectivity index (χ2n) is 5.98. The van der Waals surface area contributed by atoms with Crippen LogP contribution in [0.2, 0.25) is 0 Å². The lowest BCUT2D eigenvalue weighted by atomic mass is 10.0. The van der Waals surface area contributed by atoms with Crippen LogP contribution >= 0.6 is 0 Å². The number of rotatable bonds is 2. The van der Waals surface area contributed by atoms with E-state index in [4.69, 9.17) is 4.99 Å². The summed E-state index contributed by atoms with van der Waals surface area (Å²) >= 11 is 0. The van der Waals surface area contributed by atoms with Gasteiger partial charge < -0.3 is 9.80 Å². The minimum atomic E-state index is 0.879. The summed E-state index contributed by atoms with van der Waals surface area (Å²) in [6.07, 6.45) is 7.31. The zero-order valence-corrected chi connectivity index (χ0v) is 13.4. The van der Waals surface area contributed by atoms with Gasteiger partial charge in [-0.1, -0.05) is 30.4 Å². The summed E-state index contributed by atoms with van der Waals surface area (Å²) in [7, 11) is 4.13. The van der Waals surface area contributed by atoms with Crippen molar-refractivity contribution < 1.29 is 0 Å². The predicted molar refractivity (Wildman–Crippen MR) is 98.3 cm³/mol. The van der Waals surface area contributed by atoms with Gasteiger partial charge >= 0.3 is 0 Å². The van der Waals surface area contributed by atoms with Gasteiger partial charge in [-0.3, -0.25) is 0 Å². The number of hydrogen-bond donors (Lipinski definition) is 0. The van der Waals surface area contributed by atoms with Crippen LogP contribution in [0.25, 0.3) is 0 Å². The number of anilines is 3. The highest BCUT2D eigenvalue weighted by molar-refractivity contribution is 6.11. The molecule has 0 fully saturated rings. The van der Waals surface area contributed by atoms with Crippen LogP contribution in [-0.2, 0) is 0 Å². The Hall–Kier alpha value is -2.81. The molecule has 0 bridgehead atoms. The molecule has 4 rings (SSSR count). The summed E-state index contributed by atoms with van der Waals surface area (Å²) in [6.45, 7) is 0. The number of para-hydroxylation sites is 1. The van der Waals surface area contributed by atoms with Crippen LogP contribution < -0.4 is 9.80 Å². The van der Waals surface area contributed by atoms with E-state index in [0.29, 0.717) is 0 Å². The van der Waals surface area contributed by atoms with Gasteiger partial charge in [0, 0.05) is 31.9 Å². The third kappa shape index (κ3) is 2.34. The Kier molecular flexibility index (Phi) is 3.27. The fourth-order valence-corrected chi connectivity index (χ4v) is 3.04. The first-order valence-corrected chi connectivity index (χ1v) is 7.85. The van der Waals surface area contributed by atoms with Crippen LogP contribution in [0.3, 0.4) is 0 Å². The molecule has 0 aromatic heterocycles. The highest BCUT2D eigenvalue weighted by atomic mass is 15.2. The lowest BCUT2D eigenvalue weighted by Gasteiger charge is -2.34. The molecule has 114 valence electrons. The van der Waals surface area contributed by atoms with Gasteiger partial charge in [0.05, 0.1) is 22.8 Å². The molecule has 0 saturated carbocycles. The first kappa shape index (κ1) is 13.8. The Morgan fingerprint density at radius 3 is 2.65 bits per heavy atom. The summed E-state index contributed by atoms with van der Waals surface area (Å²) < 4.78 is 0. The molecule has 0 N–H and O–H groups in total. The van der Waals surface area contributed by atoms with Crippen molar-refractivity contribution in [1.29, 1.82) is 0 Å². The van der Waals surface area contributed by atoms with E-state index in [-0.39, 0.29) is 0 Å². The SMILES string of the molecule is CN(C)c1ccc2c(c1)N(c1ccccc1)C1=CC=CCC1=N2. The first-order chi connectivity index (χ1) is 11.2. The monoisotopic (exact) mass is 301 g/mol. The number of fused-ring (bicyclic) bond motifs is 2. The van der Waals surface area contributed by atoms with Crippen LogP contribution in [0, 0.1) is 0 Å². The zero-order chi connectivity index (χ0) is 15.8. The molecule has 0 atom stereocenters. The van der Waals surface area contributed by atoms with Crippen molar-refractivity contribution in [2.45, 2.75) is 6.42 Å². The van der Waals surface area contributed by atoms with Gasteiger partial charge in [0.25, 0.3) is 0 Å². The molecule has 1 aliphatic heterocycles. The van der Waals surface area contributed by atoms with Crippen LogP contribution in [0.1, 0.15) is 6.42 Å². The smallest absolute Gasteiger partial charge is 0.0876 e. The van der Waals surface area contributed by atoms with E-state index in [0.717, 1.165) is 23.5 Å². The fourth-order valence-electron chi connectivity index (χ4n) is 3.04. The van der Waals surface area contributed by atoms with Crippen molar-refractivity contribution in [2.75, 3.05) is 23.9 Å². The third-order valence-electron chi connectivity index (χ3n) is 4.22. The molecule has 23 heavy (non-hydrogen) atoms.